The monoisotopic (exact) mass is 342 g/mol. The van der Waals surface area contributed by atoms with Gasteiger partial charge in [0.25, 0.3) is 5.69 Å². The van der Waals surface area contributed by atoms with Crippen LogP contribution in [-0.2, 0) is 9.53 Å². The number of aliphatic imine (C=N–C) groups is 1. The van der Waals surface area contributed by atoms with Gasteiger partial charge in [-0.25, -0.2) is 9.79 Å². The van der Waals surface area contributed by atoms with E-state index in [-0.39, 0.29) is 17.3 Å². The Bertz CT molecular complexity index is 919. The zero-order valence-electron chi connectivity index (χ0n) is 12.5. The van der Waals surface area contributed by atoms with E-state index in [2.05, 4.69) is 4.99 Å². The van der Waals surface area contributed by atoms with Gasteiger partial charge in [0.05, 0.1) is 4.92 Å². The van der Waals surface area contributed by atoms with Gasteiger partial charge in [-0.15, -0.1) is 0 Å². The first kappa shape index (κ1) is 15.9. The number of hydrogen-bond donors (Lipinski definition) is 0. The molecular weight excluding hydrogens is 332 g/mol. The topological polar surface area (TPSA) is 81.8 Å². The van der Waals surface area contributed by atoms with Gasteiger partial charge in [0.1, 0.15) is 0 Å². The zero-order valence-corrected chi connectivity index (χ0v) is 13.3. The van der Waals surface area contributed by atoms with E-state index >= 15 is 0 Å². The molecule has 0 radical (unpaired) electrons. The molecule has 3 rings (SSSR count). The van der Waals surface area contributed by atoms with Crippen molar-refractivity contribution >= 4 is 35.2 Å². The van der Waals surface area contributed by atoms with Crippen LogP contribution in [0.3, 0.4) is 0 Å². The number of benzene rings is 2. The van der Waals surface area contributed by atoms with Crippen LogP contribution in [0.25, 0.3) is 6.08 Å². The summed E-state index contributed by atoms with van der Waals surface area (Å²) < 4.78 is 5.12. The molecule has 7 heteroatoms. The van der Waals surface area contributed by atoms with Crippen molar-refractivity contribution in [1.29, 1.82) is 0 Å². The van der Waals surface area contributed by atoms with Crippen LogP contribution in [0.15, 0.2) is 53.2 Å². The molecule has 0 aliphatic carbocycles. The summed E-state index contributed by atoms with van der Waals surface area (Å²) in [6.45, 7) is 1.63. The first-order valence-electron chi connectivity index (χ1n) is 6.97. The number of cyclic esters (lactones) is 1. The highest BCUT2D eigenvalue weighted by Crippen LogP contribution is 2.24. The van der Waals surface area contributed by atoms with Crippen LogP contribution in [0, 0.1) is 17.0 Å². The Labute approximate surface area is 142 Å². The second-order valence-corrected chi connectivity index (χ2v) is 5.59. The minimum Gasteiger partial charge on any atom is -0.402 e. The Morgan fingerprint density at radius 2 is 2.04 bits per heavy atom. The van der Waals surface area contributed by atoms with Crippen LogP contribution in [0.4, 0.5) is 5.69 Å². The number of carbonyl (C=O) groups excluding carboxylic acids is 1. The Hall–Kier alpha value is -2.99. The van der Waals surface area contributed by atoms with Crippen LogP contribution in [0.1, 0.15) is 16.7 Å². The van der Waals surface area contributed by atoms with Crippen molar-refractivity contribution < 1.29 is 14.5 Å². The smallest absolute Gasteiger partial charge is 0.363 e. The van der Waals surface area contributed by atoms with E-state index in [0.717, 1.165) is 0 Å². The average molecular weight is 343 g/mol. The van der Waals surface area contributed by atoms with Crippen LogP contribution >= 0.6 is 11.6 Å². The summed E-state index contributed by atoms with van der Waals surface area (Å²) in [6, 6.07) is 11.5. The van der Waals surface area contributed by atoms with Gasteiger partial charge < -0.3 is 4.74 Å². The fraction of sp³-hybridized carbons (Fsp3) is 0.0588. The molecule has 0 bridgehead atoms. The minimum absolute atomic E-state index is 0.0383. The number of aryl methyl sites for hydroxylation is 1. The van der Waals surface area contributed by atoms with Crippen LogP contribution in [0.5, 0.6) is 0 Å². The molecule has 6 nitrogen and oxygen atoms in total. The molecule has 0 saturated carbocycles. The molecular formula is C17H11ClN2O4. The van der Waals surface area contributed by atoms with Crippen molar-refractivity contribution in [2.24, 2.45) is 4.99 Å². The van der Waals surface area contributed by atoms with Gasteiger partial charge in [-0.2, -0.15) is 0 Å². The molecule has 0 amide bonds. The molecule has 1 heterocycles. The normalized spacial score (nSPS) is 15.3. The van der Waals surface area contributed by atoms with E-state index in [4.69, 9.17) is 16.3 Å². The third-order valence-corrected chi connectivity index (χ3v) is 3.66. The summed E-state index contributed by atoms with van der Waals surface area (Å²) in [4.78, 5) is 26.6. The lowest BCUT2D eigenvalue weighted by Crippen LogP contribution is -2.06. The van der Waals surface area contributed by atoms with Gasteiger partial charge in [0, 0.05) is 22.2 Å². The Morgan fingerprint density at radius 3 is 2.75 bits per heavy atom. The van der Waals surface area contributed by atoms with Crippen LogP contribution in [0.2, 0.25) is 5.02 Å². The molecule has 0 saturated heterocycles. The maximum absolute atomic E-state index is 12.0. The molecule has 1 aliphatic rings. The minimum atomic E-state index is -0.617. The highest BCUT2D eigenvalue weighted by Gasteiger charge is 2.25. The average Bonchev–Trinajstić information content (AvgIpc) is 2.88. The molecule has 2 aromatic rings. The predicted molar refractivity (Wildman–Crippen MR) is 89.9 cm³/mol. The predicted octanol–water partition coefficient (Wildman–Crippen LogP) is 3.90. The standard InChI is InChI=1S/C17H11ClN2O4/c1-10-5-6-12(9-15(10)20(22)23)16-19-14(17(21)24-16)8-11-3-2-4-13(18)7-11/h2-9H,1H3. The van der Waals surface area contributed by atoms with Crippen molar-refractivity contribution in [3.63, 3.8) is 0 Å². The molecule has 0 aromatic heterocycles. The number of halogens is 1. The van der Waals surface area contributed by atoms with E-state index in [9.17, 15) is 14.9 Å². The number of carbonyl (C=O) groups is 1. The van der Waals surface area contributed by atoms with Gasteiger partial charge in [0.2, 0.25) is 5.90 Å². The largest absolute Gasteiger partial charge is 0.402 e. The van der Waals surface area contributed by atoms with Gasteiger partial charge in [-0.1, -0.05) is 29.8 Å². The molecule has 0 N–H and O–H groups in total. The summed E-state index contributed by atoms with van der Waals surface area (Å²) in [5.74, 6) is -0.579. The summed E-state index contributed by atoms with van der Waals surface area (Å²) >= 11 is 5.91. The second-order valence-electron chi connectivity index (χ2n) is 5.15. The number of ether oxygens (including phenoxy) is 1. The number of rotatable bonds is 3. The number of hydrogen-bond acceptors (Lipinski definition) is 5. The maximum Gasteiger partial charge on any atom is 0.363 e. The summed E-state index contributed by atoms with van der Waals surface area (Å²) in [6.07, 6.45) is 1.55. The van der Waals surface area contributed by atoms with Crippen molar-refractivity contribution in [3.8, 4) is 0 Å². The molecule has 120 valence electrons. The molecule has 2 aromatic carbocycles. The molecule has 0 spiro atoms. The molecule has 0 fully saturated rings. The lowest BCUT2D eigenvalue weighted by molar-refractivity contribution is -0.385. The van der Waals surface area contributed by atoms with Crippen molar-refractivity contribution in [2.75, 3.05) is 0 Å². The summed E-state index contributed by atoms with van der Waals surface area (Å²) in [7, 11) is 0. The van der Waals surface area contributed by atoms with Gasteiger partial charge in [0.15, 0.2) is 5.70 Å². The Kier molecular flexibility index (Phi) is 4.14. The Balaban J connectivity index is 1.98. The van der Waals surface area contributed by atoms with Crippen molar-refractivity contribution in [3.05, 3.63) is 80.0 Å². The highest BCUT2D eigenvalue weighted by molar-refractivity contribution is 6.30. The van der Waals surface area contributed by atoms with Gasteiger partial charge in [-0.05, 0) is 36.8 Å². The number of nitro groups is 1. The van der Waals surface area contributed by atoms with E-state index in [1.165, 1.54) is 6.07 Å². The maximum atomic E-state index is 12.0. The van der Waals surface area contributed by atoms with E-state index in [1.54, 1.807) is 49.4 Å². The molecule has 1 aliphatic heterocycles. The third-order valence-electron chi connectivity index (χ3n) is 3.43. The van der Waals surface area contributed by atoms with Gasteiger partial charge in [-0.3, -0.25) is 10.1 Å². The molecule has 0 unspecified atom stereocenters. The fourth-order valence-corrected chi connectivity index (χ4v) is 2.42. The fourth-order valence-electron chi connectivity index (χ4n) is 2.23. The quantitative estimate of drug-likeness (QED) is 0.366. The molecule has 24 heavy (non-hydrogen) atoms. The highest BCUT2D eigenvalue weighted by atomic mass is 35.5. The third kappa shape index (κ3) is 3.18. The van der Waals surface area contributed by atoms with E-state index in [0.29, 0.717) is 21.7 Å². The Morgan fingerprint density at radius 1 is 1.25 bits per heavy atom. The first-order chi connectivity index (χ1) is 11.4. The first-order valence-corrected chi connectivity index (χ1v) is 7.35. The van der Waals surface area contributed by atoms with Gasteiger partial charge >= 0.3 is 5.97 Å². The zero-order chi connectivity index (χ0) is 17.3. The van der Waals surface area contributed by atoms with Crippen LogP contribution < -0.4 is 0 Å². The number of esters is 1. The second kappa shape index (κ2) is 6.25. The summed E-state index contributed by atoms with van der Waals surface area (Å²) in [5.41, 5.74) is 1.64. The lowest BCUT2D eigenvalue weighted by atomic mass is 10.1. The lowest BCUT2D eigenvalue weighted by Gasteiger charge is -2.01. The number of nitro benzene ring substituents is 1. The molecule has 0 atom stereocenters. The van der Waals surface area contributed by atoms with E-state index in [1.807, 2.05) is 0 Å². The van der Waals surface area contributed by atoms with Crippen molar-refractivity contribution in [1.82, 2.24) is 0 Å². The van der Waals surface area contributed by atoms with Crippen molar-refractivity contribution in [2.45, 2.75) is 6.92 Å². The van der Waals surface area contributed by atoms with Crippen LogP contribution in [-0.4, -0.2) is 16.8 Å². The number of nitrogens with zero attached hydrogens (tertiary/aromatic N) is 2. The summed E-state index contributed by atoms with van der Waals surface area (Å²) in [5, 5.41) is 11.6. The van der Waals surface area contributed by atoms with E-state index < -0.39 is 10.9 Å². The SMILES string of the molecule is Cc1ccc(C2=NC(=Cc3cccc(Cl)c3)C(=O)O2)cc1[N+](=O)[O-].